The van der Waals surface area contributed by atoms with Crippen LogP contribution in [0.1, 0.15) is 29.9 Å². The molecule has 23 heavy (non-hydrogen) atoms. The molecular formula is C18H16N4O. The van der Waals surface area contributed by atoms with Crippen molar-refractivity contribution < 1.29 is 4.42 Å². The topological polar surface area (TPSA) is 56.7 Å². The Labute approximate surface area is 134 Å². The molecule has 0 unspecified atom stereocenters. The average Bonchev–Trinajstić information content (AvgIpc) is 3.03. The van der Waals surface area contributed by atoms with Crippen molar-refractivity contribution in [1.29, 1.82) is 0 Å². The van der Waals surface area contributed by atoms with Crippen LogP contribution in [0.5, 0.6) is 0 Å². The van der Waals surface area contributed by atoms with Crippen molar-refractivity contribution in [2.75, 3.05) is 0 Å². The fraction of sp³-hybridized carbons (Fsp3) is 0.278. The first kappa shape index (κ1) is 13.8. The minimum Gasteiger partial charge on any atom is -0.447 e. The van der Waals surface area contributed by atoms with Gasteiger partial charge in [0.1, 0.15) is 18.5 Å². The molecule has 1 aliphatic carbocycles. The highest BCUT2D eigenvalue weighted by Crippen LogP contribution is 2.28. The van der Waals surface area contributed by atoms with Crippen molar-refractivity contribution in [2.24, 2.45) is 5.92 Å². The minimum atomic E-state index is 0.476. The van der Waals surface area contributed by atoms with E-state index in [1.807, 2.05) is 12.3 Å². The van der Waals surface area contributed by atoms with Crippen LogP contribution in [0.2, 0.25) is 0 Å². The maximum atomic E-state index is 5.23. The maximum Gasteiger partial charge on any atom is 0.215 e. The smallest absolute Gasteiger partial charge is 0.215 e. The highest BCUT2D eigenvalue weighted by molar-refractivity contribution is 5.64. The van der Waals surface area contributed by atoms with Crippen molar-refractivity contribution in [1.82, 2.24) is 20.0 Å². The van der Waals surface area contributed by atoms with Crippen molar-refractivity contribution >= 4 is 0 Å². The predicted molar refractivity (Wildman–Crippen MR) is 85.4 cm³/mol. The number of benzene rings is 1. The zero-order valence-corrected chi connectivity index (χ0v) is 12.9. The van der Waals surface area contributed by atoms with Gasteiger partial charge < -0.3 is 4.42 Å². The van der Waals surface area contributed by atoms with Crippen LogP contribution in [0, 0.1) is 24.7 Å². The Balaban J connectivity index is 1.55. The van der Waals surface area contributed by atoms with Gasteiger partial charge in [0, 0.05) is 17.0 Å². The summed E-state index contributed by atoms with van der Waals surface area (Å²) in [6.07, 6.45) is 7.58. The molecule has 5 heteroatoms. The number of hydrogen-bond acceptors (Lipinski definition) is 4. The molecule has 0 N–H and O–H groups in total. The highest BCUT2D eigenvalue weighted by atomic mass is 16.3. The Morgan fingerprint density at radius 3 is 3.00 bits per heavy atom. The largest absolute Gasteiger partial charge is 0.447 e. The lowest BCUT2D eigenvalue weighted by Crippen LogP contribution is -2.00. The monoisotopic (exact) mass is 304 g/mol. The quantitative estimate of drug-likeness (QED) is 0.698. The van der Waals surface area contributed by atoms with E-state index in [0.29, 0.717) is 18.4 Å². The Hall–Kier alpha value is -2.87. The molecule has 114 valence electrons. The SMILES string of the molecule is Cc1cc(C#CC2CC2)ccc1-c1cn(Cc2ncco2)nn1. The summed E-state index contributed by atoms with van der Waals surface area (Å²) in [6.45, 7) is 2.55. The van der Waals surface area contributed by atoms with Gasteiger partial charge in [0.25, 0.3) is 0 Å². The summed E-state index contributed by atoms with van der Waals surface area (Å²) in [4.78, 5) is 4.09. The second-order valence-corrected chi connectivity index (χ2v) is 5.80. The van der Waals surface area contributed by atoms with Crippen LogP contribution in [-0.2, 0) is 6.54 Å². The fourth-order valence-electron chi connectivity index (χ4n) is 2.41. The minimum absolute atomic E-state index is 0.476. The van der Waals surface area contributed by atoms with Crippen LogP contribution < -0.4 is 0 Å². The molecule has 5 nitrogen and oxygen atoms in total. The lowest BCUT2D eigenvalue weighted by Gasteiger charge is -2.02. The summed E-state index contributed by atoms with van der Waals surface area (Å²) in [5.41, 5.74) is 4.12. The van der Waals surface area contributed by atoms with E-state index in [0.717, 1.165) is 22.4 Å². The molecule has 1 aliphatic rings. The molecule has 1 saturated carbocycles. The number of rotatable bonds is 3. The van der Waals surface area contributed by atoms with E-state index in [1.54, 1.807) is 17.1 Å². The molecule has 0 amide bonds. The number of nitrogens with zero attached hydrogens (tertiary/aromatic N) is 4. The summed E-state index contributed by atoms with van der Waals surface area (Å²) in [7, 11) is 0. The second-order valence-electron chi connectivity index (χ2n) is 5.80. The fourth-order valence-corrected chi connectivity index (χ4v) is 2.41. The van der Waals surface area contributed by atoms with Gasteiger partial charge in [-0.05, 0) is 37.5 Å². The number of oxazole rings is 1. The number of hydrogen-bond donors (Lipinski definition) is 0. The predicted octanol–water partition coefficient (Wildman–Crippen LogP) is 3.05. The van der Waals surface area contributed by atoms with E-state index in [9.17, 15) is 0 Å². The zero-order valence-electron chi connectivity index (χ0n) is 12.9. The molecule has 0 spiro atoms. The normalized spacial score (nSPS) is 13.6. The van der Waals surface area contributed by atoms with Crippen molar-refractivity contribution in [3.8, 4) is 23.1 Å². The van der Waals surface area contributed by atoms with Gasteiger partial charge >= 0.3 is 0 Å². The Morgan fingerprint density at radius 2 is 2.26 bits per heavy atom. The molecular weight excluding hydrogens is 288 g/mol. The first-order valence-corrected chi connectivity index (χ1v) is 7.69. The highest BCUT2D eigenvalue weighted by Gasteiger charge is 2.17. The first-order valence-electron chi connectivity index (χ1n) is 7.69. The van der Waals surface area contributed by atoms with Crippen LogP contribution in [0.25, 0.3) is 11.3 Å². The van der Waals surface area contributed by atoms with Gasteiger partial charge in [0.05, 0.1) is 12.4 Å². The van der Waals surface area contributed by atoms with Gasteiger partial charge in [0.15, 0.2) is 0 Å². The lowest BCUT2D eigenvalue weighted by atomic mass is 10.0. The van der Waals surface area contributed by atoms with E-state index in [4.69, 9.17) is 4.42 Å². The molecule has 0 bridgehead atoms. The van der Waals surface area contributed by atoms with E-state index >= 15 is 0 Å². The lowest BCUT2D eigenvalue weighted by molar-refractivity contribution is 0.460. The summed E-state index contributed by atoms with van der Waals surface area (Å²) in [6, 6.07) is 6.22. The Morgan fingerprint density at radius 1 is 1.35 bits per heavy atom. The summed E-state index contributed by atoms with van der Waals surface area (Å²) < 4.78 is 6.95. The van der Waals surface area contributed by atoms with Crippen LogP contribution in [-0.4, -0.2) is 20.0 Å². The van der Waals surface area contributed by atoms with Gasteiger partial charge in [-0.1, -0.05) is 23.1 Å². The molecule has 1 aromatic carbocycles. The molecule has 2 aromatic heterocycles. The van der Waals surface area contributed by atoms with Crippen molar-refractivity contribution in [3.05, 3.63) is 53.9 Å². The Kier molecular flexibility index (Phi) is 3.43. The molecule has 0 saturated heterocycles. The Bertz CT molecular complexity index is 879. The molecule has 3 aromatic rings. The van der Waals surface area contributed by atoms with E-state index in [-0.39, 0.29) is 0 Å². The van der Waals surface area contributed by atoms with E-state index < -0.39 is 0 Å². The third-order valence-electron chi connectivity index (χ3n) is 3.82. The molecule has 1 fully saturated rings. The van der Waals surface area contributed by atoms with Gasteiger partial charge in [-0.2, -0.15) is 0 Å². The molecule has 0 radical (unpaired) electrons. The molecule has 2 heterocycles. The van der Waals surface area contributed by atoms with Crippen LogP contribution in [0.4, 0.5) is 0 Å². The summed E-state index contributed by atoms with van der Waals surface area (Å²) in [5, 5.41) is 8.39. The molecule has 0 aliphatic heterocycles. The van der Waals surface area contributed by atoms with Crippen LogP contribution >= 0.6 is 0 Å². The van der Waals surface area contributed by atoms with E-state index in [2.05, 4.69) is 46.2 Å². The second kappa shape index (κ2) is 5.73. The van der Waals surface area contributed by atoms with Gasteiger partial charge in [-0.15, -0.1) is 5.10 Å². The first-order chi connectivity index (χ1) is 11.3. The average molecular weight is 304 g/mol. The standard InChI is InChI=1S/C18H16N4O/c1-13-10-15(5-4-14-2-3-14)6-7-16(13)17-11-22(21-20-17)12-18-19-8-9-23-18/h6-11,14H,2-3,12H2,1H3. The van der Waals surface area contributed by atoms with Gasteiger partial charge in [0.2, 0.25) is 5.89 Å². The van der Waals surface area contributed by atoms with Crippen molar-refractivity contribution in [2.45, 2.75) is 26.3 Å². The maximum absolute atomic E-state index is 5.23. The summed E-state index contributed by atoms with van der Waals surface area (Å²) >= 11 is 0. The van der Waals surface area contributed by atoms with Crippen molar-refractivity contribution in [3.63, 3.8) is 0 Å². The molecule has 0 atom stereocenters. The molecule has 4 rings (SSSR count). The number of aromatic nitrogens is 4. The van der Waals surface area contributed by atoms with E-state index in [1.165, 1.54) is 12.8 Å². The summed E-state index contributed by atoms with van der Waals surface area (Å²) in [5.74, 6) is 7.77. The van der Waals surface area contributed by atoms with Crippen LogP contribution in [0.3, 0.4) is 0 Å². The third-order valence-corrected chi connectivity index (χ3v) is 3.82. The zero-order chi connectivity index (χ0) is 15.6. The number of aryl methyl sites for hydroxylation is 1. The van der Waals surface area contributed by atoms with Gasteiger partial charge in [-0.3, -0.25) is 0 Å². The third kappa shape index (κ3) is 3.16. The van der Waals surface area contributed by atoms with Gasteiger partial charge in [-0.25, -0.2) is 9.67 Å². The van der Waals surface area contributed by atoms with Crippen LogP contribution in [0.15, 0.2) is 41.3 Å².